The molecule has 0 heterocycles. The maximum Gasteiger partial charge on any atom is 0.416 e. The molecule has 0 bridgehead atoms. The van der Waals surface area contributed by atoms with E-state index in [4.69, 9.17) is 16.7 Å². The molecule has 0 aliphatic heterocycles. The number of alkyl halides is 3. The lowest BCUT2D eigenvalue weighted by atomic mass is 10.0. The molecule has 30 heavy (non-hydrogen) atoms. The second kappa shape index (κ2) is 9.57. The summed E-state index contributed by atoms with van der Waals surface area (Å²) in [4.78, 5) is 35.1. The third kappa shape index (κ3) is 6.45. The van der Waals surface area contributed by atoms with Gasteiger partial charge in [-0.25, -0.2) is 4.39 Å². The molecule has 2 rings (SSSR count). The Hall–Kier alpha value is -3.14. The lowest BCUT2D eigenvalue weighted by Crippen LogP contribution is -2.39. The predicted molar refractivity (Wildman–Crippen MR) is 98.3 cm³/mol. The molecule has 2 amide bonds. The molecule has 0 spiro atoms. The second-order valence-electron chi connectivity index (χ2n) is 6.15. The van der Waals surface area contributed by atoms with Crippen LogP contribution in [0.2, 0.25) is 5.02 Å². The largest absolute Gasteiger partial charge is 0.481 e. The number of benzene rings is 2. The number of halogens is 5. The van der Waals surface area contributed by atoms with Gasteiger partial charge in [-0.3, -0.25) is 14.4 Å². The Morgan fingerprint density at radius 3 is 2.23 bits per heavy atom. The molecule has 2 aromatic rings. The quantitative estimate of drug-likeness (QED) is 0.567. The Morgan fingerprint density at radius 2 is 1.70 bits per heavy atom. The fourth-order valence-corrected chi connectivity index (χ4v) is 2.59. The highest BCUT2D eigenvalue weighted by Crippen LogP contribution is 2.29. The van der Waals surface area contributed by atoms with Crippen molar-refractivity contribution in [3.8, 4) is 0 Å². The van der Waals surface area contributed by atoms with E-state index in [1.165, 1.54) is 12.1 Å². The van der Waals surface area contributed by atoms with E-state index in [-0.39, 0.29) is 16.1 Å². The first-order valence-electron chi connectivity index (χ1n) is 8.39. The van der Waals surface area contributed by atoms with Crippen LogP contribution in [0.15, 0.2) is 42.5 Å². The molecular formula is C19H15ClF4N2O4. The van der Waals surface area contributed by atoms with Gasteiger partial charge >= 0.3 is 12.1 Å². The van der Waals surface area contributed by atoms with Gasteiger partial charge in [0.1, 0.15) is 5.82 Å². The number of rotatable bonds is 7. The third-order valence-corrected chi connectivity index (χ3v) is 4.25. The van der Waals surface area contributed by atoms with E-state index in [1.54, 1.807) is 0 Å². The van der Waals surface area contributed by atoms with E-state index in [1.807, 2.05) is 0 Å². The zero-order valence-electron chi connectivity index (χ0n) is 15.1. The topological polar surface area (TPSA) is 95.5 Å². The van der Waals surface area contributed by atoms with E-state index in [9.17, 15) is 31.9 Å². The van der Waals surface area contributed by atoms with Crippen LogP contribution >= 0.6 is 11.6 Å². The van der Waals surface area contributed by atoms with Gasteiger partial charge in [0.05, 0.1) is 29.6 Å². The fraction of sp³-hybridized carbons (Fsp3) is 0.211. The summed E-state index contributed by atoms with van der Waals surface area (Å²) >= 11 is 5.59. The first kappa shape index (κ1) is 23.1. The molecule has 11 heteroatoms. The van der Waals surface area contributed by atoms with Gasteiger partial charge in [0.25, 0.3) is 5.91 Å². The molecule has 160 valence electrons. The summed E-state index contributed by atoms with van der Waals surface area (Å²) in [5.41, 5.74) is -0.872. The van der Waals surface area contributed by atoms with Crippen LogP contribution in [0.4, 0.5) is 17.6 Å². The molecule has 0 fully saturated rings. The maximum atomic E-state index is 13.6. The average Bonchev–Trinajstić information content (AvgIpc) is 2.67. The number of nitrogens with one attached hydrogen (secondary N) is 2. The average molecular weight is 447 g/mol. The number of carboxylic acid groups (broad SMARTS) is 1. The minimum absolute atomic E-state index is 0.0994. The SMILES string of the molecule is O=C(O)C[C@@H](NC(=O)CNC(=O)c1ccc(C(F)(F)F)cc1)c1ccc(Cl)c(F)c1. The highest BCUT2D eigenvalue weighted by Gasteiger charge is 2.30. The monoisotopic (exact) mass is 446 g/mol. The van der Waals surface area contributed by atoms with Crippen LogP contribution in [-0.4, -0.2) is 29.4 Å². The number of hydrogen-bond donors (Lipinski definition) is 3. The van der Waals surface area contributed by atoms with E-state index in [2.05, 4.69) is 10.6 Å². The molecule has 1 atom stereocenters. The smallest absolute Gasteiger partial charge is 0.416 e. The van der Waals surface area contributed by atoms with Gasteiger partial charge in [-0.1, -0.05) is 17.7 Å². The Balaban J connectivity index is 2.00. The van der Waals surface area contributed by atoms with Crippen molar-refractivity contribution in [2.45, 2.75) is 18.6 Å². The van der Waals surface area contributed by atoms with Gasteiger partial charge in [-0.05, 0) is 42.0 Å². The second-order valence-corrected chi connectivity index (χ2v) is 6.56. The van der Waals surface area contributed by atoms with Crippen LogP contribution < -0.4 is 10.6 Å². The summed E-state index contributed by atoms with van der Waals surface area (Å²) in [6.07, 6.45) is -5.10. The number of carbonyl (C=O) groups excluding carboxylic acids is 2. The molecule has 2 aromatic carbocycles. The summed E-state index contributed by atoms with van der Waals surface area (Å²) in [5, 5.41) is 13.4. The molecular weight excluding hydrogens is 432 g/mol. The summed E-state index contributed by atoms with van der Waals surface area (Å²) in [5.74, 6) is -3.64. The van der Waals surface area contributed by atoms with Gasteiger partial charge in [-0.15, -0.1) is 0 Å². The van der Waals surface area contributed by atoms with Gasteiger partial charge in [-0.2, -0.15) is 13.2 Å². The van der Waals surface area contributed by atoms with Crippen molar-refractivity contribution < 1.29 is 37.1 Å². The van der Waals surface area contributed by atoms with Crippen molar-refractivity contribution in [3.05, 3.63) is 70.0 Å². The highest BCUT2D eigenvalue weighted by atomic mass is 35.5. The lowest BCUT2D eigenvalue weighted by Gasteiger charge is -2.18. The number of amides is 2. The van der Waals surface area contributed by atoms with E-state index in [0.717, 1.165) is 30.3 Å². The minimum atomic E-state index is -4.55. The van der Waals surface area contributed by atoms with Crippen LogP contribution in [0.25, 0.3) is 0 Å². The summed E-state index contributed by atoms with van der Waals surface area (Å²) in [7, 11) is 0. The zero-order valence-corrected chi connectivity index (χ0v) is 15.9. The van der Waals surface area contributed by atoms with Crippen LogP contribution in [-0.2, 0) is 15.8 Å². The standard InChI is InChI=1S/C19H15ClF4N2O4/c20-13-6-3-11(7-14(13)21)15(8-17(28)29)26-16(27)9-25-18(30)10-1-4-12(5-2-10)19(22,23)24/h1-7,15H,8-9H2,(H,25,30)(H,26,27)(H,28,29)/t15-/m1/s1. The summed E-state index contributed by atoms with van der Waals surface area (Å²) in [6.45, 7) is -0.577. The molecule has 0 unspecified atom stereocenters. The Kier molecular flexibility index (Phi) is 7.38. The first-order chi connectivity index (χ1) is 14.0. The number of aliphatic carboxylic acids is 1. The van der Waals surface area contributed by atoms with Crippen molar-refractivity contribution in [3.63, 3.8) is 0 Å². The lowest BCUT2D eigenvalue weighted by molar-refractivity contribution is -0.138. The van der Waals surface area contributed by atoms with Crippen LogP contribution in [0.3, 0.4) is 0 Å². The molecule has 3 N–H and O–H groups in total. The Bertz CT molecular complexity index is 949. The van der Waals surface area contributed by atoms with Crippen LogP contribution in [0.5, 0.6) is 0 Å². The number of hydrogen-bond acceptors (Lipinski definition) is 3. The number of carbonyl (C=O) groups is 3. The Labute approximate surface area is 172 Å². The van der Waals surface area contributed by atoms with Crippen LogP contribution in [0.1, 0.15) is 33.9 Å². The molecule has 6 nitrogen and oxygen atoms in total. The van der Waals surface area contributed by atoms with Crippen molar-refractivity contribution in [1.82, 2.24) is 10.6 Å². The van der Waals surface area contributed by atoms with E-state index >= 15 is 0 Å². The van der Waals surface area contributed by atoms with Gasteiger partial charge in [0, 0.05) is 5.56 Å². The summed E-state index contributed by atoms with van der Waals surface area (Å²) in [6, 6.07) is 5.82. The third-order valence-electron chi connectivity index (χ3n) is 3.94. The normalized spacial score (nSPS) is 12.2. The zero-order chi connectivity index (χ0) is 22.5. The minimum Gasteiger partial charge on any atom is -0.481 e. The Morgan fingerprint density at radius 1 is 1.07 bits per heavy atom. The molecule has 0 saturated heterocycles. The maximum absolute atomic E-state index is 13.6. The molecule has 0 aliphatic carbocycles. The molecule has 0 radical (unpaired) electrons. The predicted octanol–water partition coefficient (Wildman–Crippen LogP) is 3.56. The van der Waals surface area contributed by atoms with E-state index in [0.29, 0.717) is 0 Å². The first-order valence-corrected chi connectivity index (χ1v) is 8.76. The molecule has 0 aliphatic rings. The highest BCUT2D eigenvalue weighted by molar-refractivity contribution is 6.30. The fourth-order valence-electron chi connectivity index (χ4n) is 2.47. The van der Waals surface area contributed by atoms with Crippen molar-refractivity contribution in [1.29, 1.82) is 0 Å². The molecule has 0 aromatic heterocycles. The van der Waals surface area contributed by atoms with Crippen LogP contribution in [0, 0.1) is 5.82 Å². The van der Waals surface area contributed by atoms with Gasteiger partial charge in [0.2, 0.25) is 5.91 Å². The van der Waals surface area contributed by atoms with Crippen molar-refractivity contribution in [2.24, 2.45) is 0 Å². The van der Waals surface area contributed by atoms with Gasteiger partial charge in [0.15, 0.2) is 0 Å². The molecule has 0 saturated carbocycles. The van der Waals surface area contributed by atoms with Gasteiger partial charge < -0.3 is 15.7 Å². The number of carboxylic acids is 1. The summed E-state index contributed by atoms with van der Waals surface area (Å²) < 4.78 is 51.3. The van der Waals surface area contributed by atoms with Crippen molar-refractivity contribution in [2.75, 3.05) is 6.54 Å². The van der Waals surface area contributed by atoms with E-state index < -0.39 is 54.3 Å². The van der Waals surface area contributed by atoms with Crippen molar-refractivity contribution >= 4 is 29.4 Å².